The molecule has 1 heterocycles. The lowest BCUT2D eigenvalue weighted by atomic mass is 10.1. The molecule has 0 aliphatic carbocycles. The smallest absolute Gasteiger partial charge is 0.322 e. The fourth-order valence-corrected chi connectivity index (χ4v) is 2.45. The first-order valence-electron chi connectivity index (χ1n) is 7.13. The van der Waals surface area contributed by atoms with Crippen LogP contribution in [0.4, 0.5) is 18.9 Å². The van der Waals surface area contributed by atoms with Crippen LogP contribution in [0.15, 0.2) is 42.5 Å². The third-order valence-electron chi connectivity index (χ3n) is 3.82. The van der Waals surface area contributed by atoms with E-state index in [0.29, 0.717) is 0 Å². The summed E-state index contributed by atoms with van der Waals surface area (Å²) >= 11 is 0. The maximum atomic E-state index is 12.5. The van der Waals surface area contributed by atoms with Crippen LogP contribution in [0.3, 0.4) is 0 Å². The summed E-state index contributed by atoms with van der Waals surface area (Å²) in [5, 5.41) is 2.49. The predicted octanol–water partition coefficient (Wildman–Crippen LogP) is 3.18. The van der Waals surface area contributed by atoms with Crippen LogP contribution in [-0.2, 0) is 6.18 Å². The molecule has 3 amide bonds. The van der Waals surface area contributed by atoms with Crippen molar-refractivity contribution in [3.05, 3.63) is 64.7 Å². The Morgan fingerprint density at radius 1 is 0.960 bits per heavy atom. The molecule has 25 heavy (non-hydrogen) atoms. The largest absolute Gasteiger partial charge is 0.416 e. The average molecular weight is 348 g/mol. The van der Waals surface area contributed by atoms with Gasteiger partial charge < -0.3 is 5.32 Å². The highest BCUT2D eigenvalue weighted by Gasteiger charge is 2.33. The number of amides is 3. The Morgan fingerprint density at radius 3 is 2.16 bits per heavy atom. The van der Waals surface area contributed by atoms with Crippen molar-refractivity contribution in [2.24, 2.45) is 0 Å². The van der Waals surface area contributed by atoms with Gasteiger partial charge in [0.2, 0.25) is 0 Å². The van der Waals surface area contributed by atoms with Gasteiger partial charge in [-0.05, 0) is 42.5 Å². The number of imide groups is 1. The number of nitrogens with zero attached hydrogens (tertiary/aromatic N) is 1. The van der Waals surface area contributed by atoms with Crippen LogP contribution in [-0.4, -0.2) is 29.7 Å². The van der Waals surface area contributed by atoms with E-state index < -0.39 is 29.5 Å². The van der Waals surface area contributed by atoms with Crippen molar-refractivity contribution in [1.82, 2.24) is 4.90 Å². The molecule has 8 heteroatoms. The van der Waals surface area contributed by atoms with E-state index >= 15 is 0 Å². The van der Waals surface area contributed by atoms with Crippen molar-refractivity contribution < 1.29 is 27.6 Å². The van der Waals surface area contributed by atoms with Crippen molar-refractivity contribution in [2.75, 3.05) is 12.4 Å². The summed E-state index contributed by atoms with van der Waals surface area (Å²) in [6.07, 6.45) is -4.48. The van der Waals surface area contributed by atoms with Gasteiger partial charge >= 0.3 is 6.18 Å². The number of benzene rings is 2. The lowest BCUT2D eigenvalue weighted by Gasteiger charge is -2.09. The van der Waals surface area contributed by atoms with Crippen LogP contribution in [0.2, 0.25) is 0 Å². The SMILES string of the molecule is CN1C(=O)c2ccc(NC(=O)c3ccc(C(F)(F)F)cc3)cc2C1=O. The number of carbonyl (C=O) groups excluding carboxylic acids is 3. The lowest BCUT2D eigenvalue weighted by Crippen LogP contribution is -2.24. The van der Waals surface area contributed by atoms with E-state index in [1.165, 1.54) is 25.2 Å². The Balaban J connectivity index is 1.81. The molecule has 1 N–H and O–H groups in total. The highest BCUT2D eigenvalue weighted by molar-refractivity contribution is 6.21. The first-order chi connectivity index (χ1) is 11.7. The number of halogens is 3. The molecule has 0 spiro atoms. The summed E-state index contributed by atoms with van der Waals surface area (Å²) in [6.45, 7) is 0. The van der Waals surface area contributed by atoms with Gasteiger partial charge in [0.1, 0.15) is 0 Å². The van der Waals surface area contributed by atoms with Crippen molar-refractivity contribution in [2.45, 2.75) is 6.18 Å². The molecular weight excluding hydrogens is 337 g/mol. The Hall–Kier alpha value is -3.16. The maximum absolute atomic E-state index is 12.5. The highest BCUT2D eigenvalue weighted by atomic mass is 19.4. The number of anilines is 1. The Bertz CT molecular complexity index is 889. The van der Waals surface area contributed by atoms with E-state index in [4.69, 9.17) is 0 Å². The Labute approximate surface area is 140 Å². The van der Waals surface area contributed by atoms with Gasteiger partial charge in [0.05, 0.1) is 16.7 Å². The third-order valence-corrected chi connectivity index (χ3v) is 3.82. The van der Waals surface area contributed by atoms with Crippen molar-refractivity contribution in [3.63, 3.8) is 0 Å². The summed E-state index contributed by atoms with van der Waals surface area (Å²) in [4.78, 5) is 36.8. The number of alkyl halides is 3. The number of nitrogens with one attached hydrogen (secondary N) is 1. The second kappa shape index (κ2) is 5.73. The van der Waals surface area contributed by atoms with Crippen molar-refractivity contribution >= 4 is 23.4 Å². The van der Waals surface area contributed by atoms with E-state index in [1.807, 2.05) is 0 Å². The minimum absolute atomic E-state index is 0.0352. The van der Waals surface area contributed by atoms with Crippen LogP contribution in [0.5, 0.6) is 0 Å². The monoisotopic (exact) mass is 348 g/mol. The van der Waals surface area contributed by atoms with Crippen LogP contribution in [0.25, 0.3) is 0 Å². The van der Waals surface area contributed by atoms with Gasteiger partial charge in [-0.25, -0.2) is 0 Å². The topological polar surface area (TPSA) is 66.5 Å². The Morgan fingerprint density at radius 2 is 1.56 bits per heavy atom. The minimum atomic E-state index is -4.48. The molecule has 2 aromatic rings. The van der Waals surface area contributed by atoms with Gasteiger partial charge in [-0.3, -0.25) is 19.3 Å². The predicted molar refractivity (Wildman–Crippen MR) is 82.3 cm³/mol. The molecule has 0 saturated heterocycles. The maximum Gasteiger partial charge on any atom is 0.416 e. The van der Waals surface area contributed by atoms with Gasteiger partial charge in [0, 0.05) is 18.3 Å². The molecule has 3 rings (SSSR count). The molecule has 0 fully saturated rings. The zero-order chi connectivity index (χ0) is 18.4. The second-order valence-corrected chi connectivity index (χ2v) is 5.46. The summed E-state index contributed by atoms with van der Waals surface area (Å²) in [5.74, 6) is -1.54. The molecule has 128 valence electrons. The Kier molecular flexibility index (Phi) is 3.82. The number of hydrogen-bond donors (Lipinski definition) is 1. The molecule has 0 atom stereocenters. The van der Waals surface area contributed by atoms with E-state index in [2.05, 4.69) is 5.32 Å². The number of fused-ring (bicyclic) bond motifs is 1. The second-order valence-electron chi connectivity index (χ2n) is 5.46. The van der Waals surface area contributed by atoms with E-state index in [0.717, 1.165) is 29.2 Å². The first kappa shape index (κ1) is 16.7. The average Bonchev–Trinajstić information content (AvgIpc) is 2.78. The fraction of sp³-hybridized carbons (Fsp3) is 0.118. The van der Waals surface area contributed by atoms with Crippen LogP contribution in [0.1, 0.15) is 36.6 Å². The van der Waals surface area contributed by atoms with Crippen molar-refractivity contribution in [1.29, 1.82) is 0 Å². The van der Waals surface area contributed by atoms with Crippen LogP contribution in [0, 0.1) is 0 Å². The summed E-state index contributed by atoms with van der Waals surface area (Å²) in [5.41, 5.74) is -0.153. The van der Waals surface area contributed by atoms with Gasteiger partial charge in [0.15, 0.2) is 0 Å². The number of hydrogen-bond acceptors (Lipinski definition) is 3. The standard InChI is InChI=1S/C17H11F3N2O3/c1-22-15(24)12-7-6-11(8-13(12)16(22)25)21-14(23)9-2-4-10(5-3-9)17(18,19)20/h2-8H,1H3,(H,21,23). The molecule has 1 aliphatic rings. The summed E-state index contributed by atoms with van der Waals surface area (Å²) < 4.78 is 37.6. The molecule has 0 unspecified atom stereocenters. The van der Waals surface area contributed by atoms with E-state index in [9.17, 15) is 27.6 Å². The molecule has 2 aromatic carbocycles. The minimum Gasteiger partial charge on any atom is -0.322 e. The molecule has 0 radical (unpaired) electrons. The zero-order valence-corrected chi connectivity index (χ0v) is 12.8. The normalized spacial score (nSPS) is 13.8. The van der Waals surface area contributed by atoms with Crippen LogP contribution < -0.4 is 5.32 Å². The van der Waals surface area contributed by atoms with Gasteiger partial charge in [0.25, 0.3) is 17.7 Å². The quantitative estimate of drug-likeness (QED) is 0.848. The van der Waals surface area contributed by atoms with E-state index in [-0.39, 0.29) is 22.4 Å². The highest BCUT2D eigenvalue weighted by Crippen LogP contribution is 2.29. The van der Waals surface area contributed by atoms with E-state index in [1.54, 1.807) is 0 Å². The lowest BCUT2D eigenvalue weighted by molar-refractivity contribution is -0.137. The molecular formula is C17H11F3N2O3. The number of carbonyl (C=O) groups is 3. The summed E-state index contributed by atoms with van der Waals surface area (Å²) in [6, 6.07) is 7.99. The molecule has 0 bridgehead atoms. The molecule has 0 aromatic heterocycles. The molecule has 0 saturated carbocycles. The van der Waals surface area contributed by atoms with Gasteiger partial charge in [-0.1, -0.05) is 0 Å². The van der Waals surface area contributed by atoms with Gasteiger partial charge in [-0.2, -0.15) is 13.2 Å². The van der Waals surface area contributed by atoms with Crippen molar-refractivity contribution in [3.8, 4) is 0 Å². The molecule has 5 nitrogen and oxygen atoms in total. The van der Waals surface area contributed by atoms with Crippen LogP contribution >= 0.6 is 0 Å². The third kappa shape index (κ3) is 2.98. The zero-order valence-electron chi connectivity index (χ0n) is 12.8. The summed E-state index contributed by atoms with van der Waals surface area (Å²) in [7, 11) is 1.35. The molecule has 1 aliphatic heterocycles. The first-order valence-corrected chi connectivity index (χ1v) is 7.13. The van der Waals surface area contributed by atoms with Gasteiger partial charge in [-0.15, -0.1) is 0 Å². The fourth-order valence-electron chi connectivity index (χ4n) is 2.45. The number of rotatable bonds is 2.